The molecular weight excluding hydrogens is 228 g/mol. The van der Waals surface area contributed by atoms with Crippen LogP contribution in [-0.4, -0.2) is 23.3 Å². The fourth-order valence-electron chi connectivity index (χ4n) is 5.27. The highest BCUT2D eigenvalue weighted by molar-refractivity contribution is 5.71. The predicted octanol–water partition coefficient (Wildman–Crippen LogP) is 2.52. The minimum atomic E-state index is -0.504. The lowest BCUT2D eigenvalue weighted by Gasteiger charge is -2.61. The third-order valence-electron chi connectivity index (χ3n) is 5.81. The lowest BCUT2D eigenvalue weighted by Crippen LogP contribution is -2.57. The van der Waals surface area contributed by atoms with E-state index in [-0.39, 0.29) is 5.41 Å². The summed E-state index contributed by atoms with van der Waals surface area (Å²) in [5, 5.41) is 8.91. The van der Waals surface area contributed by atoms with E-state index in [4.69, 9.17) is 9.84 Å². The van der Waals surface area contributed by atoms with Gasteiger partial charge < -0.3 is 9.84 Å². The SMILES string of the molecule is CC(C)(OC(=O)CO)C12CC3CC(CC(C3)C1)C2. The Morgan fingerprint density at radius 1 is 1.17 bits per heavy atom. The number of esters is 1. The Bertz CT molecular complexity index is 323. The first-order valence-corrected chi connectivity index (χ1v) is 7.27. The highest BCUT2D eigenvalue weighted by Gasteiger charge is 2.58. The average Bonchev–Trinajstić information content (AvgIpc) is 2.26. The van der Waals surface area contributed by atoms with E-state index in [2.05, 4.69) is 0 Å². The molecule has 1 N–H and O–H groups in total. The van der Waals surface area contributed by atoms with Gasteiger partial charge in [0.15, 0.2) is 0 Å². The summed E-state index contributed by atoms with van der Waals surface area (Å²) >= 11 is 0. The number of hydrogen-bond donors (Lipinski definition) is 1. The van der Waals surface area contributed by atoms with Crippen LogP contribution in [-0.2, 0) is 9.53 Å². The Labute approximate surface area is 109 Å². The van der Waals surface area contributed by atoms with Gasteiger partial charge in [-0.05, 0) is 70.1 Å². The van der Waals surface area contributed by atoms with Gasteiger partial charge in [0.1, 0.15) is 12.2 Å². The second kappa shape index (κ2) is 3.96. The molecule has 4 saturated carbocycles. The Morgan fingerprint density at radius 2 is 1.61 bits per heavy atom. The monoisotopic (exact) mass is 252 g/mol. The molecule has 4 aliphatic rings. The molecule has 4 fully saturated rings. The molecule has 0 aromatic heterocycles. The number of carbonyl (C=O) groups is 1. The van der Waals surface area contributed by atoms with Crippen molar-refractivity contribution in [3.63, 3.8) is 0 Å². The highest BCUT2D eigenvalue weighted by atomic mass is 16.6. The number of aliphatic hydroxyl groups excluding tert-OH is 1. The van der Waals surface area contributed by atoms with Crippen molar-refractivity contribution in [3.05, 3.63) is 0 Å². The third-order valence-corrected chi connectivity index (χ3v) is 5.81. The Balaban J connectivity index is 1.83. The molecule has 0 spiro atoms. The molecule has 0 radical (unpaired) electrons. The molecule has 0 aromatic rings. The lowest BCUT2D eigenvalue weighted by molar-refractivity contribution is -0.200. The average molecular weight is 252 g/mol. The van der Waals surface area contributed by atoms with E-state index in [9.17, 15) is 4.79 Å². The molecule has 102 valence electrons. The summed E-state index contributed by atoms with van der Waals surface area (Å²) in [5.74, 6) is 2.07. The number of rotatable bonds is 3. The van der Waals surface area contributed by atoms with E-state index in [1.807, 2.05) is 13.8 Å². The van der Waals surface area contributed by atoms with E-state index in [1.54, 1.807) is 0 Å². The fraction of sp³-hybridized carbons (Fsp3) is 0.933. The van der Waals surface area contributed by atoms with Crippen LogP contribution < -0.4 is 0 Å². The van der Waals surface area contributed by atoms with Crippen LogP contribution in [0, 0.1) is 23.2 Å². The normalized spacial score (nSPS) is 42.1. The van der Waals surface area contributed by atoms with Crippen molar-refractivity contribution in [3.8, 4) is 0 Å². The zero-order valence-electron chi connectivity index (χ0n) is 11.4. The molecule has 0 unspecified atom stereocenters. The molecule has 4 rings (SSSR count). The second-order valence-corrected chi connectivity index (χ2v) is 7.34. The van der Waals surface area contributed by atoms with E-state index in [0.29, 0.717) is 0 Å². The summed E-state index contributed by atoms with van der Waals surface area (Å²) in [5.41, 5.74) is -0.255. The second-order valence-electron chi connectivity index (χ2n) is 7.34. The maximum Gasteiger partial charge on any atom is 0.332 e. The molecule has 0 amide bonds. The quantitative estimate of drug-likeness (QED) is 0.785. The Kier molecular flexibility index (Phi) is 2.74. The van der Waals surface area contributed by atoms with Crippen LogP contribution in [0.2, 0.25) is 0 Å². The van der Waals surface area contributed by atoms with Crippen molar-refractivity contribution in [1.29, 1.82) is 0 Å². The van der Waals surface area contributed by atoms with Crippen LogP contribution in [0.25, 0.3) is 0 Å². The van der Waals surface area contributed by atoms with Crippen molar-refractivity contribution in [2.24, 2.45) is 23.2 Å². The molecule has 0 atom stereocenters. The number of carbonyl (C=O) groups excluding carboxylic acids is 1. The molecule has 3 heteroatoms. The van der Waals surface area contributed by atoms with Gasteiger partial charge in [-0.2, -0.15) is 0 Å². The van der Waals surface area contributed by atoms with E-state index in [0.717, 1.165) is 17.8 Å². The van der Waals surface area contributed by atoms with Gasteiger partial charge in [-0.1, -0.05) is 0 Å². The summed E-state index contributed by atoms with van der Waals surface area (Å²) in [6.45, 7) is 3.59. The van der Waals surface area contributed by atoms with Gasteiger partial charge in [-0.3, -0.25) is 0 Å². The van der Waals surface area contributed by atoms with E-state index < -0.39 is 18.2 Å². The van der Waals surface area contributed by atoms with Crippen LogP contribution in [0.15, 0.2) is 0 Å². The van der Waals surface area contributed by atoms with Crippen LogP contribution in [0.5, 0.6) is 0 Å². The van der Waals surface area contributed by atoms with Crippen LogP contribution in [0.3, 0.4) is 0 Å². The van der Waals surface area contributed by atoms with Crippen molar-refractivity contribution in [2.45, 2.75) is 58.0 Å². The molecule has 0 heterocycles. The van der Waals surface area contributed by atoms with Gasteiger partial charge in [-0.15, -0.1) is 0 Å². The van der Waals surface area contributed by atoms with Crippen molar-refractivity contribution < 1.29 is 14.6 Å². The summed E-state index contributed by atoms with van der Waals surface area (Å²) in [4.78, 5) is 11.4. The Hall–Kier alpha value is -0.570. The number of aliphatic hydroxyl groups is 1. The standard InChI is InChI=1S/C15H24O3/c1-14(2,18-13(17)9-16)15-6-10-3-11(7-15)5-12(4-10)8-15/h10-12,16H,3-9H2,1-2H3. The lowest BCUT2D eigenvalue weighted by atomic mass is 9.46. The zero-order chi connectivity index (χ0) is 13.0. The molecular formula is C15H24O3. The van der Waals surface area contributed by atoms with Crippen LogP contribution >= 0.6 is 0 Å². The summed E-state index contributed by atoms with van der Waals surface area (Å²) in [7, 11) is 0. The first kappa shape index (κ1) is 12.5. The maximum absolute atomic E-state index is 11.4. The predicted molar refractivity (Wildman–Crippen MR) is 67.9 cm³/mol. The molecule has 18 heavy (non-hydrogen) atoms. The number of ether oxygens (including phenoxy) is 1. The largest absolute Gasteiger partial charge is 0.457 e. The van der Waals surface area contributed by atoms with Gasteiger partial charge in [-0.25, -0.2) is 4.79 Å². The molecule has 4 bridgehead atoms. The fourth-order valence-corrected chi connectivity index (χ4v) is 5.27. The first-order valence-electron chi connectivity index (χ1n) is 7.27. The topological polar surface area (TPSA) is 46.5 Å². The highest BCUT2D eigenvalue weighted by Crippen LogP contribution is 2.64. The Morgan fingerprint density at radius 3 is 2.00 bits per heavy atom. The summed E-state index contributed by atoms with van der Waals surface area (Å²) < 4.78 is 5.58. The van der Waals surface area contributed by atoms with Gasteiger partial charge in [0.05, 0.1) is 0 Å². The maximum atomic E-state index is 11.4. The van der Waals surface area contributed by atoms with Crippen LogP contribution in [0.1, 0.15) is 52.4 Å². The van der Waals surface area contributed by atoms with Gasteiger partial charge in [0.2, 0.25) is 0 Å². The van der Waals surface area contributed by atoms with Gasteiger partial charge in [0.25, 0.3) is 0 Å². The number of hydrogen-bond acceptors (Lipinski definition) is 3. The van der Waals surface area contributed by atoms with E-state index >= 15 is 0 Å². The molecule has 0 aliphatic heterocycles. The molecule has 0 aromatic carbocycles. The summed E-state index contributed by atoms with van der Waals surface area (Å²) in [6.07, 6.45) is 7.82. The van der Waals surface area contributed by atoms with Gasteiger partial charge in [0, 0.05) is 5.41 Å². The minimum Gasteiger partial charge on any atom is -0.457 e. The minimum absolute atomic E-state index is 0.173. The van der Waals surface area contributed by atoms with Gasteiger partial charge >= 0.3 is 5.97 Å². The van der Waals surface area contributed by atoms with Crippen molar-refractivity contribution in [2.75, 3.05) is 6.61 Å². The molecule has 4 aliphatic carbocycles. The van der Waals surface area contributed by atoms with E-state index in [1.165, 1.54) is 38.5 Å². The van der Waals surface area contributed by atoms with Crippen LogP contribution in [0.4, 0.5) is 0 Å². The first-order chi connectivity index (χ1) is 8.44. The summed E-state index contributed by atoms with van der Waals surface area (Å²) in [6, 6.07) is 0. The smallest absolute Gasteiger partial charge is 0.332 e. The molecule has 0 saturated heterocycles. The van der Waals surface area contributed by atoms with Crippen molar-refractivity contribution in [1.82, 2.24) is 0 Å². The third kappa shape index (κ3) is 1.78. The van der Waals surface area contributed by atoms with Crippen molar-refractivity contribution >= 4 is 5.97 Å². The zero-order valence-corrected chi connectivity index (χ0v) is 11.4. The molecule has 3 nitrogen and oxygen atoms in total.